The van der Waals surface area contributed by atoms with E-state index >= 15 is 0 Å². The van der Waals surface area contributed by atoms with Gasteiger partial charge in [-0.1, -0.05) is 56.8 Å². The number of unbranched alkanes of at least 4 members (excludes halogenated alkanes) is 7. The van der Waals surface area contributed by atoms with E-state index in [0.29, 0.717) is 13.0 Å². The van der Waals surface area contributed by atoms with Crippen molar-refractivity contribution >= 4 is 18.5 Å². The van der Waals surface area contributed by atoms with Gasteiger partial charge in [-0.15, -0.1) is 0 Å². The number of carbonyl (C=O) groups excluding carboxylic acids is 1. The monoisotopic (exact) mass is 295 g/mol. The normalized spacial score (nSPS) is 13.6. The van der Waals surface area contributed by atoms with Crippen molar-refractivity contribution in [2.45, 2.75) is 64.2 Å². The van der Waals surface area contributed by atoms with E-state index in [1.807, 2.05) is 0 Å². The standard InChI is InChI=1S/C17H29NOS/c19-17(18-15-16-11-8-9-12-16)13-7-5-3-1-2-4-6-10-14-20/h8,11-12,20H,1-7,9-10,13-15H2,(H,18,19). The zero-order chi connectivity index (χ0) is 14.5. The van der Waals surface area contributed by atoms with Crippen molar-refractivity contribution < 1.29 is 4.79 Å². The van der Waals surface area contributed by atoms with E-state index in [4.69, 9.17) is 0 Å². The van der Waals surface area contributed by atoms with E-state index in [-0.39, 0.29) is 5.91 Å². The zero-order valence-corrected chi connectivity index (χ0v) is 13.5. The van der Waals surface area contributed by atoms with Crippen LogP contribution >= 0.6 is 12.6 Å². The van der Waals surface area contributed by atoms with Crippen LogP contribution in [0.2, 0.25) is 0 Å². The SMILES string of the molecule is O=C(CCCCCCCCCCS)NCC1=CCC=C1. The Morgan fingerprint density at radius 2 is 1.70 bits per heavy atom. The second-order valence-corrected chi connectivity index (χ2v) is 5.94. The molecule has 2 nitrogen and oxygen atoms in total. The van der Waals surface area contributed by atoms with Gasteiger partial charge in [-0.3, -0.25) is 4.79 Å². The van der Waals surface area contributed by atoms with E-state index in [1.54, 1.807) is 0 Å². The summed E-state index contributed by atoms with van der Waals surface area (Å²) in [7, 11) is 0. The molecule has 0 aromatic heterocycles. The van der Waals surface area contributed by atoms with Crippen molar-refractivity contribution in [3.05, 3.63) is 23.8 Å². The molecule has 1 aliphatic rings. The molecule has 1 rings (SSSR count). The lowest BCUT2D eigenvalue weighted by Gasteiger charge is -2.05. The van der Waals surface area contributed by atoms with Gasteiger partial charge in [-0.25, -0.2) is 0 Å². The molecule has 0 saturated heterocycles. The predicted molar refractivity (Wildman–Crippen MR) is 90.3 cm³/mol. The van der Waals surface area contributed by atoms with Gasteiger partial charge in [0.1, 0.15) is 0 Å². The summed E-state index contributed by atoms with van der Waals surface area (Å²) in [6.07, 6.45) is 18.1. The summed E-state index contributed by atoms with van der Waals surface area (Å²) in [6, 6.07) is 0. The largest absolute Gasteiger partial charge is 0.352 e. The van der Waals surface area contributed by atoms with Crippen LogP contribution in [0.15, 0.2) is 23.8 Å². The van der Waals surface area contributed by atoms with Crippen molar-refractivity contribution in [1.29, 1.82) is 0 Å². The fourth-order valence-electron chi connectivity index (χ4n) is 2.39. The van der Waals surface area contributed by atoms with Gasteiger partial charge < -0.3 is 5.32 Å². The van der Waals surface area contributed by atoms with Crippen LogP contribution in [0.3, 0.4) is 0 Å². The second kappa shape index (κ2) is 12.1. The molecule has 1 amide bonds. The van der Waals surface area contributed by atoms with Gasteiger partial charge in [0.15, 0.2) is 0 Å². The molecule has 114 valence electrons. The highest BCUT2D eigenvalue weighted by atomic mass is 32.1. The van der Waals surface area contributed by atoms with Gasteiger partial charge in [0.2, 0.25) is 5.91 Å². The average molecular weight is 295 g/mol. The smallest absolute Gasteiger partial charge is 0.220 e. The Balaban J connectivity index is 1.83. The third kappa shape index (κ3) is 9.24. The summed E-state index contributed by atoms with van der Waals surface area (Å²) >= 11 is 4.21. The van der Waals surface area contributed by atoms with Crippen LogP contribution in [0.4, 0.5) is 0 Å². The first-order chi connectivity index (χ1) is 9.83. The Kier molecular flexibility index (Phi) is 10.5. The van der Waals surface area contributed by atoms with Crippen LogP contribution in [0.5, 0.6) is 0 Å². The molecule has 0 aliphatic heterocycles. The maximum Gasteiger partial charge on any atom is 0.220 e. The summed E-state index contributed by atoms with van der Waals surface area (Å²) < 4.78 is 0. The fraction of sp³-hybridized carbons (Fsp3) is 0.706. The minimum atomic E-state index is 0.194. The molecule has 0 spiro atoms. The number of amides is 1. The number of thiol groups is 1. The predicted octanol–water partition coefficient (Wildman–Crippen LogP) is 4.43. The van der Waals surface area contributed by atoms with E-state index in [0.717, 1.165) is 18.6 Å². The Morgan fingerprint density at radius 3 is 2.30 bits per heavy atom. The molecule has 0 aromatic carbocycles. The molecule has 0 radical (unpaired) electrons. The minimum absolute atomic E-state index is 0.194. The van der Waals surface area contributed by atoms with Gasteiger partial charge in [0.25, 0.3) is 0 Å². The summed E-state index contributed by atoms with van der Waals surface area (Å²) in [5, 5.41) is 2.98. The second-order valence-electron chi connectivity index (χ2n) is 5.50. The van der Waals surface area contributed by atoms with E-state index in [2.05, 4.69) is 36.2 Å². The topological polar surface area (TPSA) is 29.1 Å². The molecular weight excluding hydrogens is 266 g/mol. The number of nitrogens with one attached hydrogen (secondary N) is 1. The van der Waals surface area contributed by atoms with E-state index in [1.165, 1.54) is 50.5 Å². The lowest BCUT2D eigenvalue weighted by molar-refractivity contribution is -0.121. The number of rotatable bonds is 12. The molecule has 0 unspecified atom stereocenters. The van der Waals surface area contributed by atoms with Crippen LogP contribution in [0.1, 0.15) is 64.2 Å². The van der Waals surface area contributed by atoms with Crippen molar-refractivity contribution in [2.75, 3.05) is 12.3 Å². The first-order valence-electron chi connectivity index (χ1n) is 8.06. The first kappa shape index (κ1) is 17.4. The molecule has 20 heavy (non-hydrogen) atoms. The third-order valence-corrected chi connectivity index (χ3v) is 3.97. The molecule has 1 aliphatic carbocycles. The molecule has 1 N–H and O–H groups in total. The maximum atomic E-state index is 11.6. The number of hydrogen-bond acceptors (Lipinski definition) is 2. The van der Waals surface area contributed by atoms with E-state index in [9.17, 15) is 4.79 Å². The number of allylic oxidation sites excluding steroid dienone is 2. The van der Waals surface area contributed by atoms with Gasteiger partial charge in [0, 0.05) is 13.0 Å². The average Bonchev–Trinajstić information content (AvgIpc) is 2.96. The summed E-state index contributed by atoms with van der Waals surface area (Å²) in [6.45, 7) is 0.695. The summed E-state index contributed by atoms with van der Waals surface area (Å²) in [5.41, 5.74) is 1.24. The quantitative estimate of drug-likeness (QED) is 0.405. The molecule has 3 heteroatoms. The molecule has 0 heterocycles. The first-order valence-corrected chi connectivity index (χ1v) is 8.69. The van der Waals surface area contributed by atoms with Crippen molar-refractivity contribution in [1.82, 2.24) is 5.32 Å². The zero-order valence-electron chi connectivity index (χ0n) is 12.6. The van der Waals surface area contributed by atoms with Crippen LogP contribution in [-0.2, 0) is 4.79 Å². The molecular formula is C17H29NOS. The van der Waals surface area contributed by atoms with E-state index < -0.39 is 0 Å². The Hall–Kier alpha value is -0.700. The number of carbonyl (C=O) groups is 1. The summed E-state index contributed by atoms with van der Waals surface area (Å²) in [5.74, 6) is 1.21. The fourth-order valence-corrected chi connectivity index (χ4v) is 2.61. The van der Waals surface area contributed by atoms with Crippen LogP contribution < -0.4 is 5.32 Å². The van der Waals surface area contributed by atoms with Gasteiger partial charge >= 0.3 is 0 Å². The minimum Gasteiger partial charge on any atom is -0.352 e. The lowest BCUT2D eigenvalue weighted by Crippen LogP contribution is -2.24. The Bertz CT molecular complexity index is 323. The molecule has 0 aromatic rings. The van der Waals surface area contributed by atoms with Crippen LogP contribution in [0.25, 0.3) is 0 Å². The van der Waals surface area contributed by atoms with Crippen LogP contribution in [0, 0.1) is 0 Å². The maximum absolute atomic E-state index is 11.6. The van der Waals surface area contributed by atoms with Gasteiger partial charge in [0.05, 0.1) is 0 Å². The highest BCUT2D eigenvalue weighted by Crippen LogP contribution is 2.10. The highest BCUT2D eigenvalue weighted by Gasteiger charge is 2.03. The van der Waals surface area contributed by atoms with Gasteiger partial charge in [-0.2, -0.15) is 12.6 Å². The van der Waals surface area contributed by atoms with Crippen molar-refractivity contribution in [2.24, 2.45) is 0 Å². The van der Waals surface area contributed by atoms with Crippen molar-refractivity contribution in [3.63, 3.8) is 0 Å². The van der Waals surface area contributed by atoms with Crippen molar-refractivity contribution in [3.8, 4) is 0 Å². The Labute approximate surface area is 129 Å². The molecule has 0 bridgehead atoms. The van der Waals surface area contributed by atoms with Gasteiger partial charge in [-0.05, 0) is 30.6 Å². The summed E-state index contributed by atoms with van der Waals surface area (Å²) in [4.78, 5) is 11.6. The lowest BCUT2D eigenvalue weighted by atomic mass is 10.1. The number of hydrogen-bond donors (Lipinski definition) is 2. The molecule has 0 fully saturated rings. The molecule has 0 saturated carbocycles. The van der Waals surface area contributed by atoms with Crippen LogP contribution in [-0.4, -0.2) is 18.2 Å². The molecule has 0 atom stereocenters. The third-order valence-electron chi connectivity index (χ3n) is 3.65. The Morgan fingerprint density at radius 1 is 1.05 bits per heavy atom. The highest BCUT2D eigenvalue weighted by molar-refractivity contribution is 7.80.